The van der Waals surface area contributed by atoms with E-state index in [1.807, 2.05) is 10.8 Å². The smallest absolute Gasteiger partial charge is 0.268 e. The van der Waals surface area contributed by atoms with Crippen LogP contribution in [0.5, 0.6) is 0 Å². The van der Waals surface area contributed by atoms with Crippen molar-refractivity contribution in [3.8, 4) is 0 Å². The average Bonchev–Trinajstić information content (AvgIpc) is 3.01. The lowest BCUT2D eigenvalue weighted by molar-refractivity contribution is -0.119. The van der Waals surface area contributed by atoms with E-state index in [9.17, 15) is 9.59 Å². The van der Waals surface area contributed by atoms with Gasteiger partial charge in [-0.1, -0.05) is 0 Å². The van der Waals surface area contributed by atoms with E-state index in [-0.39, 0.29) is 5.91 Å². The van der Waals surface area contributed by atoms with Gasteiger partial charge in [-0.15, -0.1) is 0 Å². The van der Waals surface area contributed by atoms with Crippen LogP contribution in [0.4, 0.5) is 0 Å². The minimum absolute atomic E-state index is 0.270. The van der Waals surface area contributed by atoms with E-state index in [2.05, 4.69) is 21.2 Å². The summed E-state index contributed by atoms with van der Waals surface area (Å²) >= 11 is 3.35. The highest BCUT2D eigenvalue weighted by Gasteiger charge is 2.28. The number of amides is 2. The third-order valence-corrected chi connectivity index (χ3v) is 3.20. The first kappa shape index (κ1) is 12.2. The Kier molecular flexibility index (Phi) is 3.24. The van der Waals surface area contributed by atoms with Crippen LogP contribution in [0.3, 0.4) is 0 Å². The van der Waals surface area contributed by atoms with Crippen LogP contribution in [-0.4, -0.2) is 22.4 Å². The van der Waals surface area contributed by atoms with Crippen LogP contribution in [0.2, 0.25) is 0 Å². The van der Waals surface area contributed by atoms with Gasteiger partial charge in [-0.05, 0) is 41.8 Å². The molecule has 3 N–H and O–H groups in total. The monoisotopic (exact) mass is 299 g/mol. The molecule has 2 amide bonds. The van der Waals surface area contributed by atoms with Crippen LogP contribution in [0.25, 0.3) is 0 Å². The first-order chi connectivity index (χ1) is 7.99. The number of hydrogen-bond donors (Lipinski definition) is 2. The number of nitrogens with one attached hydrogen (secondary N) is 1. The lowest BCUT2D eigenvalue weighted by Crippen LogP contribution is -2.42. The summed E-state index contributed by atoms with van der Waals surface area (Å²) in [6.07, 6.45) is 4.07. The van der Waals surface area contributed by atoms with Gasteiger partial charge in [0.05, 0.1) is 0 Å². The van der Waals surface area contributed by atoms with Gasteiger partial charge in [-0.3, -0.25) is 9.59 Å². The summed E-state index contributed by atoms with van der Waals surface area (Å²) < 4.78 is 2.80. The molecule has 1 unspecified atom stereocenters. The van der Waals surface area contributed by atoms with E-state index in [4.69, 9.17) is 5.73 Å². The van der Waals surface area contributed by atoms with Crippen LogP contribution < -0.4 is 11.1 Å². The number of hydrogen-bond acceptors (Lipinski definition) is 2. The molecule has 2 rings (SSSR count). The molecule has 0 bridgehead atoms. The minimum Gasteiger partial charge on any atom is -0.368 e. The van der Waals surface area contributed by atoms with Crippen molar-refractivity contribution in [1.29, 1.82) is 0 Å². The van der Waals surface area contributed by atoms with Gasteiger partial charge in [0.25, 0.3) is 5.91 Å². The molecule has 0 spiro atoms. The summed E-state index contributed by atoms with van der Waals surface area (Å²) in [5.41, 5.74) is 5.67. The Morgan fingerprint density at radius 3 is 2.76 bits per heavy atom. The van der Waals surface area contributed by atoms with Gasteiger partial charge in [-0.2, -0.15) is 0 Å². The Balaban J connectivity index is 2.15. The second kappa shape index (κ2) is 4.52. The molecule has 6 heteroatoms. The van der Waals surface area contributed by atoms with Crippen molar-refractivity contribution < 1.29 is 9.59 Å². The van der Waals surface area contributed by atoms with E-state index in [0.29, 0.717) is 11.7 Å². The molecular formula is C11H14BrN3O2. The van der Waals surface area contributed by atoms with Crippen LogP contribution in [-0.2, 0) is 4.79 Å². The molecule has 0 radical (unpaired) electrons. The zero-order valence-corrected chi connectivity index (χ0v) is 11.0. The molecule has 1 heterocycles. The summed E-state index contributed by atoms with van der Waals surface area (Å²) in [4.78, 5) is 22.9. The van der Waals surface area contributed by atoms with Crippen molar-refractivity contribution in [3.05, 3.63) is 22.4 Å². The summed E-state index contributed by atoms with van der Waals surface area (Å²) in [5.74, 6) is -0.809. The fourth-order valence-electron chi connectivity index (χ4n) is 1.62. The second-order valence-corrected chi connectivity index (χ2v) is 5.20. The van der Waals surface area contributed by atoms with E-state index < -0.39 is 11.9 Å². The zero-order chi connectivity index (χ0) is 12.6. The first-order valence-corrected chi connectivity index (χ1v) is 6.26. The number of primary amides is 1. The number of nitrogens with zero attached hydrogens (tertiary/aromatic N) is 1. The lowest BCUT2D eigenvalue weighted by atomic mass is 10.3. The molecule has 1 fully saturated rings. The Bertz CT molecular complexity index is 465. The second-order valence-electron chi connectivity index (χ2n) is 4.28. The Hall–Kier alpha value is -1.30. The molecule has 0 saturated heterocycles. The normalized spacial score (nSPS) is 16.6. The van der Waals surface area contributed by atoms with Crippen molar-refractivity contribution in [2.45, 2.75) is 31.8 Å². The molecule has 0 aliphatic heterocycles. The topological polar surface area (TPSA) is 77.1 Å². The van der Waals surface area contributed by atoms with Gasteiger partial charge in [0.1, 0.15) is 11.7 Å². The average molecular weight is 300 g/mol. The number of aromatic nitrogens is 1. The summed E-state index contributed by atoms with van der Waals surface area (Å²) in [5, 5.41) is 2.58. The molecule has 17 heavy (non-hydrogen) atoms. The van der Waals surface area contributed by atoms with Crippen LogP contribution in [0, 0.1) is 0 Å². The van der Waals surface area contributed by atoms with Crippen molar-refractivity contribution in [3.63, 3.8) is 0 Å². The van der Waals surface area contributed by atoms with Gasteiger partial charge in [0.2, 0.25) is 5.91 Å². The van der Waals surface area contributed by atoms with E-state index >= 15 is 0 Å². The summed E-state index contributed by atoms with van der Waals surface area (Å²) in [6.45, 7) is 1.57. The van der Waals surface area contributed by atoms with Crippen LogP contribution in [0.15, 0.2) is 16.7 Å². The quantitative estimate of drug-likeness (QED) is 0.876. The maximum atomic E-state index is 12.0. The number of halogens is 1. The van der Waals surface area contributed by atoms with Gasteiger partial charge in [0, 0.05) is 16.7 Å². The van der Waals surface area contributed by atoms with Crippen LogP contribution in [0.1, 0.15) is 36.3 Å². The molecule has 1 saturated carbocycles. The minimum atomic E-state index is -0.663. The van der Waals surface area contributed by atoms with Gasteiger partial charge >= 0.3 is 0 Å². The fraction of sp³-hybridized carbons (Fsp3) is 0.455. The molecule has 1 aromatic rings. The molecular weight excluding hydrogens is 286 g/mol. The van der Waals surface area contributed by atoms with Crippen molar-refractivity contribution in [1.82, 2.24) is 9.88 Å². The lowest BCUT2D eigenvalue weighted by Gasteiger charge is -2.11. The maximum Gasteiger partial charge on any atom is 0.268 e. The van der Waals surface area contributed by atoms with E-state index in [1.54, 1.807) is 13.0 Å². The molecule has 92 valence electrons. The fourth-order valence-corrected chi connectivity index (χ4v) is 2.06. The number of carbonyl (C=O) groups excluding carboxylic acids is 2. The molecule has 1 aromatic heterocycles. The van der Waals surface area contributed by atoms with Gasteiger partial charge in [0.15, 0.2) is 0 Å². The van der Waals surface area contributed by atoms with Crippen molar-refractivity contribution >= 4 is 27.7 Å². The molecule has 5 nitrogen and oxygen atoms in total. The largest absolute Gasteiger partial charge is 0.368 e. The third kappa shape index (κ3) is 2.69. The Morgan fingerprint density at radius 2 is 2.24 bits per heavy atom. The molecule has 0 aromatic carbocycles. The van der Waals surface area contributed by atoms with Crippen molar-refractivity contribution in [2.24, 2.45) is 5.73 Å². The number of carbonyl (C=O) groups is 2. The molecule has 1 aliphatic carbocycles. The molecule has 1 atom stereocenters. The summed E-state index contributed by atoms with van der Waals surface area (Å²) in [6, 6.07) is 1.50. The van der Waals surface area contributed by atoms with Gasteiger partial charge < -0.3 is 15.6 Å². The van der Waals surface area contributed by atoms with E-state index in [1.165, 1.54) is 0 Å². The van der Waals surface area contributed by atoms with Crippen molar-refractivity contribution in [2.75, 3.05) is 0 Å². The third-order valence-electron chi connectivity index (χ3n) is 2.76. The molecule has 1 aliphatic rings. The SMILES string of the molecule is CC(NC(=O)c1cc(Br)cn1C1CC1)C(N)=O. The Labute approximate surface area is 107 Å². The number of nitrogens with two attached hydrogens (primary N) is 1. The number of rotatable bonds is 4. The highest BCUT2D eigenvalue weighted by atomic mass is 79.9. The summed E-state index contributed by atoms with van der Waals surface area (Å²) in [7, 11) is 0. The predicted molar refractivity (Wildman–Crippen MR) is 66.5 cm³/mol. The highest BCUT2D eigenvalue weighted by Crippen LogP contribution is 2.37. The highest BCUT2D eigenvalue weighted by molar-refractivity contribution is 9.10. The standard InChI is InChI=1S/C11H14BrN3O2/c1-6(10(13)16)14-11(17)9-4-7(12)5-15(9)8-2-3-8/h4-6,8H,2-3H2,1H3,(H2,13,16)(H,14,17). The van der Waals surface area contributed by atoms with Gasteiger partial charge in [-0.25, -0.2) is 0 Å². The zero-order valence-electron chi connectivity index (χ0n) is 9.44. The Morgan fingerprint density at radius 1 is 1.59 bits per heavy atom. The predicted octanol–water partition coefficient (Wildman–Crippen LogP) is 1.19. The maximum absolute atomic E-state index is 12.0. The van der Waals surface area contributed by atoms with E-state index in [0.717, 1.165) is 17.3 Å². The van der Waals surface area contributed by atoms with Crippen LogP contribution >= 0.6 is 15.9 Å². The first-order valence-electron chi connectivity index (χ1n) is 5.46.